The third kappa shape index (κ3) is 1.57. The fourth-order valence-corrected chi connectivity index (χ4v) is 1.18. The summed E-state index contributed by atoms with van der Waals surface area (Å²) in [5, 5.41) is 0. The van der Waals surface area contributed by atoms with E-state index in [0.717, 1.165) is 5.52 Å². The van der Waals surface area contributed by atoms with Crippen molar-refractivity contribution in [1.29, 1.82) is 0 Å². The van der Waals surface area contributed by atoms with Gasteiger partial charge in [-0.2, -0.15) is 0 Å². The second-order valence-electron chi connectivity index (χ2n) is 2.82. The van der Waals surface area contributed by atoms with E-state index in [4.69, 9.17) is 10.3 Å². The third-order valence-electron chi connectivity index (χ3n) is 1.81. The SMILES string of the molecule is NNC(=O)Cc1nc2ccccc2o1. The zero-order chi connectivity index (χ0) is 9.97. The highest BCUT2D eigenvalue weighted by Gasteiger charge is 2.08. The molecule has 1 aromatic carbocycles. The third-order valence-corrected chi connectivity index (χ3v) is 1.81. The van der Waals surface area contributed by atoms with Gasteiger partial charge in [0.2, 0.25) is 11.8 Å². The fraction of sp³-hybridized carbons (Fsp3) is 0.111. The van der Waals surface area contributed by atoms with Crippen LogP contribution in [0.1, 0.15) is 5.89 Å². The second kappa shape index (κ2) is 3.47. The Morgan fingerprint density at radius 1 is 1.50 bits per heavy atom. The van der Waals surface area contributed by atoms with Crippen LogP contribution in [0.25, 0.3) is 11.1 Å². The molecule has 14 heavy (non-hydrogen) atoms. The number of fused-ring (bicyclic) bond motifs is 1. The van der Waals surface area contributed by atoms with Crippen molar-refractivity contribution < 1.29 is 9.21 Å². The highest BCUT2D eigenvalue weighted by Crippen LogP contribution is 2.14. The van der Waals surface area contributed by atoms with Gasteiger partial charge in [0.1, 0.15) is 11.9 Å². The minimum atomic E-state index is -0.323. The number of nitrogens with two attached hydrogens (primary N) is 1. The van der Waals surface area contributed by atoms with E-state index in [0.29, 0.717) is 11.5 Å². The van der Waals surface area contributed by atoms with Gasteiger partial charge in [-0.25, -0.2) is 10.8 Å². The number of carbonyl (C=O) groups is 1. The predicted octanol–water partition coefficient (Wildman–Crippen LogP) is 0.360. The maximum absolute atomic E-state index is 10.9. The molecule has 0 radical (unpaired) electrons. The summed E-state index contributed by atoms with van der Waals surface area (Å²) in [6.07, 6.45) is 0.0607. The molecule has 0 atom stereocenters. The Balaban J connectivity index is 2.31. The van der Waals surface area contributed by atoms with Crippen LogP contribution in [0.4, 0.5) is 0 Å². The minimum Gasteiger partial charge on any atom is -0.440 e. The molecule has 0 bridgehead atoms. The van der Waals surface area contributed by atoms with E-state index < -0.39 is 0 Å². The molecule has 1 aromatic heterocycles. The van der Waals surface area contributed by atoms with Gasteiger partial charge in [0.15, 0.2) is 5.58 Å². The highest BCUT2D eigenvalue weighted by molar-refractivity contribution is 5.78. The van der Waals surface area contributed by atoms with Gasteiger partial charge in [0.05, 0.1) is 0 Å². The number of benzene rings is 1. The first-order chi connectivity index (χ1) is 6.79. The maximum Gasteiger partial charge on any atom is 0.243 e. The number of hydrogen-bond donors (Lipinski definition) is 2. The fourth-order valence-electron chi connectivity index (χ4n) is 1.18. The molecule has 5 heteroatoms. The number of aromatic nitrogens is 1. The topological polar surface area (TPSA) is 81.1 Å². The first-order valence-corrected chi connectivity index (χ1v) is 4.13. The van der Waals surface area contributed by atoms with E-state index in [9.17, 15) is 4.79 Å². The number of hydrazine groups is 1. The van der Waals surface area contributed by atoms with E-state index >= 15 is 0 Å². The van der Waals surface area contributed by atoms with Crippen molar-refractivity contribution in [1.82, 2.24) is 10.4 Å². The molecule has 0 spiro atoms. The summed E-state index contributed by atoms with van der Waals surface area (Å²) in [7, 11) is 0. The van der Waals surface area contributed by atoms with E-state index in [1.54, 1.807) is 6.07 Å². The van der Waals surface area contributed by atoms with E-state index in [2.05, 4.69) is 4.98 Å². The Kier molecular flexibility index (Phi) is 2.16. The van der Waals surface area contributed by atoms with Crippen molar-refractivity contribution in [3.8, 4) is 0 Å². The summed E-state index contributed by atoms with van der Waals surface area (Å²) in [5.74, 6) is 4.99. The Labute approximate surface area is 79.9 Å². The van der Waals surface area contributed by atoms with Crippen LogP contribution in [0.2, 0.25) is 0 Å². The lowest BCUT2D eigenvalue weighted by Crippen LogP contribution is -2.31. The molecule has 0 aliphatic rings. The van der Waals surface area contributed by atoms with Gasteiger partial charge in [-0.3, -0.25) is 10.2 Å². The minimum absolute atomic E-state index is 0.0607. The standard InChI is InChI=1S/C9H9N3O2/c10-12-8(13)5-9-11-6-3-1-2-4-7(6)14-9/h1-4H,5,10H2,(H,12,13). The van der Waals surface area contributed by atoms with Gasteiger partial charge in [-0.15, -0.1) is 0 Å². The molecular formula is C9H9N3O2. The normalized spacial score (nSPS) is 10.4. The molecule has 0 aliphatic carbocycles. The molecular weight excluding hydrogens is 182 g/mol. The van der Waals surface area contributed by atoms with Crippen molar-refractivity contribution in [2.24, 2.45) is 5.84 Å². The number of para-hydroxylation sites is 2. The Bertz CT molecular complexity index is 431. The number of nitrogens with one attached hydrogen (secondary N) is 1. The Morgan fingerprint density at radius 2 is 2.29 bits per heavy atom. The Hall–Kier alpha value is -1.88. The molecule has 72 valence electrons. The smallest absolute Gasteiger partial charge is 0.243 e. The van der Waals surface area contributed by atoms with Crippen LogP contribution in [-0.2, 0) is 11.2 Å². The van der Waals surface area contributed by atoms with Crippen LogP contribution in [0, 0.1) is 0 Å². The first kappa shape index (κ1) is 8.71. The molecule has 0 unspecified atom stereocenters. The quantitative estimate of drug-likeness (QED) is 0.408. The summed E-state index contributed by atoms with van der Waals surface area (Å²) >= 11 is 0. The molecule has 3 N–H and O–H groups in total. The molecule has 2 rings (SSSR count). The second-order valence-corrected chi connectivity index (χ2v) is 2.82. The lowest BCUT2D eigenvalue weighted by atomic mass is 10.3. The van der Waals surface area contributed by atoms with Gasteiger partial charge in [-0.05, 0) is 12.1 Å². The number of amides is 1. The molecule has 0 saturated heterocycles. The molecule has 5 nitrogen and oxygen atoms in total. The molecule has 1 heterocycles. The van der Waals surface area contributed by atoms with Gasteiger partial charge >= 0.3 is 0 Å². The van der Waals surface area contributed by atoms with Gasteiger partial charge in [0, 0.05) is 0 Å². The number of carbonyl (C=O) groups excluding carboxylic acids is 1. The summed E-state index contributed by atoms with van der Waals surface area (Å²) in [6, 6.07) is 7.33. The molecule has 1 amide bonds. The van der Waals surface area contributed by atoms with Crippen LogP contribution < -0.4 is 11.3 Å². The highest BCUT2D eigenvalue weighted by atomic mass is 16.3. The summed E-state index contributed by atoms with van der Waals surface area (Å²) in [6.45, 7) is 0. The predicted molar refractivity (Wildman–Crippen MR) is 50.0 cm³/mol. The van der Waals surface area contributed by atoms with Crippen LogP contribution in [-0.4, -0.2) is 10.9 Å². The Morgan fingerprint density at radius 3 is 3.00 bits per heavy atom. The van der Waals surface area contributed by atoms with Crippen molar-refractivity contribution in [2.75, 3.05) is 0 Å². The first-order valence-electron chi connectivity index (χ1n) is 4.13. The average Bonchev–Trinajstić information content (AvgIpc) is 2.59. The largest absolute Gasteiger partial charge is 0.440 e. The van der Waals surface area contributed by atoms with Crippen molar-refractivity contribution in [3.05, 3.63) is 30.2 Å². The molecule has 0 aliphatic heterocycles. The summed E-state index contributed by atoms with van der Waals surface area (Å²) < 4.78 is 5.31. The van der Waals surface area contributed by atoms with Crippen molar-refractivity contribution >= 4 is 17.0 Å². The van der Waals surface area contributed by atoms with Gasteiger partial charge in [-0.1, -0.05) is 12.1 Å². The number of nitrogens with zero attached hydrogens (tertiary/aromatic N) is 1. The van der Waals surface area contributed by atoms with E-state index in [1.165, 1.54) is 0 Å². The van der Waals surface area contributed by atoms with Crippen LogP contribution in [0.5, 0.6) is 0 Å². The van der Waals surface area contributed by atoms with Gasteiger partial charge in [0.25, 0.3) is 0 Å². The zero-order valence-corrected chi connectivity index (χ0v) is 7.36. The maximum atomic E-state index is 10.9. The van der Waals surface area contributed by atoms with Crippen LogP contribution in [0.3, 0.4) is 0 Å². The number of oxazole rings is 1. The monoisotopic (exact) mass is 191 g/mol. The van der Waals surface area contributed by atoms with Crippen molar-refractivity contribution in [3.63, 3.8) is 0 Å². The zero-order valence-electron chi connectivity index (χ0n) is 7.36. The molecule has 0 saturated carbocycles. The average molecular weight is 191 g/mol. The summed E-state index contributed by atoms with van der Waals surface area (Å²) in [5.41, 5.74) is 3.44. The lowest BCUT2D eigenvalue weighted by Gasteiger charge is -1.92. The molecule has 0 fully saturated rings. The van der Waals surface area contributed by atoms with Crippen LogP contribution >= 0.6 is 0 Å². The number of rotatable bonds is 2. The lowest BCUT2D eigenvalue weighted by molar-refractivity contribution is -0.120. The van der Waals surface area contributed by atoms with E-state index in [1.807, 2.05) is 23.6 Å². The summed E-state index contributed by atoms with van der Waals surface area (Å²) in [4.78, 5) is 15.0. The van der Waals surface area contributed by atoms with E-state index in [-0.39, 0.29) is 12.3 Å². The van der Waals surface area contributed by atoms with Gasteiger partial charge < -0.3 is 4.42 Å². The number of hydrogen-bond acceptors (Lipinski definition) is 4. The van der Waals surface area contributed by atoms with Crippen LogP contribution in [0.15, 0.2) is 28.7 Å². The van der Waals surface area contributed by atoms with Crippen molar-refractivity contribution in [2.45, 2.75) is 6.42 Å². The molecule has 2 aromatic rings.